The van der Waals surface area contributed by atoms with Gasteiger partial charge in [0.2, 0.25) is 0 Å². The molecule has 1 aliphatic heterocycles. The van der Waals surface area contributed by atoms with Gasteiger partial charge in [-0.2, -0.15) is 0 Å². The minimum absolute atomic E-state index is 0.0364. The van der Waals surface area contributed by atoms with Crippen LogP contribution < -0.4 is 5.32 Å². The number of amides is 2. The number of carbonyl (C=O) groups excluding carboxylic acids is 2. The van der Waals surface area contributed by atoms with Crippen LogP contribution in [-0.2, 0) is 9.53 Å². The van der Waals surface area contributed by atoms with Gasteiger partial charge >= 0.3 is 12.0 Å². The van der Waals surface area contributed by atoms with Crippen molar-refractivity contribution in [2.75, 3.05) is 11.1 Å². The number of esters is 1. The standard InChI is InChI=1S/C22H32N2O3S/c1-14(2)27-21(25)18-13-28-20(17-11-6-5-7-12-17)24(18)22(26)23-19-15(3)9-8-10-16(19)4/h8-10,14,17-18,20H,5-7,11-13H2,1-4H3,(H,23,26)/t18-,20-/m0/s1. The second kappa shape index (κ2) is 9.21. The number of hydrogen-bond donors (Lipinski definition) is 1. The van der Waals surface area contributed by atoms with Crippen molar-refractivity contribution in [3.63, 3.8) is 0 Å². The molecule has 5 nitrogen and oxygen atoms in total. The van der Waals surface area contributed by atoms with E-state index in [0.717, 1.165) is 29.7 Å². The van der Waals surface area contributed by atoms with Crippen molar-refractivity contribution in [3.05, 3.63) is 29.3 Å². The van der Waals surface area contributed by atoms with E-state index in [2.05, 4.69) is 5.32 Å². The van der Waals surface area contributed by atoms with E-state index in [-0.39, 0.29) is 23.5 Å². The SMILES string of the molecule is Cc1cccc(C)c1NC(=O)N1[C@H](C(=O)OC(C)C)CS[C@H]1C1CCCCC1. The molecule has 1 N–H and O–H groups in total. The minimum atomic E-state index is -0.524. The molecule has 0 bridgehead atoms. The first-order chi connectivity index (χ1) is 13.4. The van der Waals surface area contributed by atoms with Crippen LogP contribution in [0.3, 0.4) is 0 Å². The number of urea groups is 1. The fourth-order valence-corrected chi connectivity index (χ4v) is 5.87. The Hall–Kier alpha value is -1.69. The molecule has 1 aromatic carbocycles. The van der Waals surface area contributed by atoms with Crippen LogP contribution in [0, 0.1) is 19.8 Å². The maximum Gasteiger partial charge on any atom is 0.330 e. The average Bonchev–Trinajstić information content (AvgIpc) is 3.10. The Labute approximate surface area is 172 Å². The summed E-state index contributed by atoms with van der Waals surface area (Å²) >= 11 is 1.73. The Morgan fingerprint density at radius 1 is 1.14 bits per heavy atom. The molecule has 1 saturated heterocycles. The van der Waals surface area contributed by atoms with Gasteiger partial charge in [0.15, 0.2) is 0 Å². The predicted octanol–water partition coefficient (Wildman–Crippen LogP) is 5.11. The lowest BCUT2D eigenvalue weighted by molar-refractivity contribution is -0.151. The summed E-state index contributed by atoms with van der Waals surface area (Å²) in [5.74, 6) is 0.754. The maximum atomic E-state index is 13.4. The maximum absolute atomic E-state index is 13.4. The molecule has 28 heavy (non-hydrogen) atoms. The molecule has 2 amide bonds. The first-order valence-corrected chi connectivity index (χ1v) is 11.4. The molecule has 1 aliphatic carbocycles. The smallest absolute Gasteiger partial charge is 0.330 e. The highest BCUT2D eigenvalue weighted by Gasteiger charge is 2.46. The molecule has 0 spiro atoms. The van der Waals surface area contributed by atoms with Crippen LogP contribution in [-0.4, -0.2) is 40.2 Å². The summed E-state index contributed by atoms with van der Waals surface area (Å²) in [6, 6.07) is 5.25. The topological polar surface area (TPSA) is 58.6 Å². The van der Waals surface area contributed by atoms with Gasteiger partial charge in [-0.1, -0.05) is 37.5 Å². The zero-order valence-corrected chi connectivity index (χ0v) is 18.2. The van der Waals surface area contributed by atoms with Crippen LogP contribution in [0.25, 0.3) is 0 Å². The molecular formula is C22H32N2O3S. The number of anilines is 1. The largest absolute Gasteiger partial charge is 0.461 e. The molecule has 1 aromatic rings. The molecule has 1 saturated carbocycles. The molecule has 0 unspecified atom stereocenters. The van der Waals surface area contributed by atoms with Crippen LogP contribution >= 0.6 is 11.8 Å². The molecule has 1 heterocycles. The lowest BCUT2D eigenvalue weighted by atomic mass is 9.88. The quantitative estimate of drug-likeness (QED) is 0.709. The molecular weight excluding hydrogens is 372 g/mol. The van der Waals surface area contributed by atoms with E-state index in [1.807, 2.05) is 45.9 Å². The van der Waals surface area contributed by atoms with Crippen LogP contribution in [0.1, 0.15) is 57.1 Å². The fourth-order valence-electron chi connectivity index (χ4n) is 4.24. The number of aryl methyl sites for hydroxylation is 2. The summed E-state index contributed by atoms with van der Waals surface area (Å²) in [7, 11) is 0. The number of ether oxygens (including phenoxy) is 1. The Bertz CT molecular complexity index is 695. The van der Waals surface area contributed by atoms with Crippen molar-refractivity contribution in [2.24, 2.45) is 5.92 Å². The molecule has 154 valence electrons. The third kappa shape index (κ3) is 4.65. The van der Waals surface area contributed by atoms with Crippen LogP contribution in [0.15, 0.2) is 18.2 Å². The fraction of sp³-hybridized carbons (Fsp3) is 0.636. The summed E-state index contributed by atoms with van der Waals surface area (Å²) in [5, 5.41) is 3.13. The van der Waals surface area contributed by atoms with Crippen molar-refractivity contribution >= 4 is 29.4 Å². The van der Waals surface area contributed by atoms with Gasteiger partial charge < -0.3 is 10.1 Å². The predicted molar refractivity (Wildman–Crippen MR) is 115 cm³/mol. The van der Waals surface area contributed by atoms with E-state index < -0.39 is 6.04 Å². The summed E-state index contributed by atoms with van der Waals surface area (Å²) < 4.78 is 5.47. The van der Waals surface area contributed by atoms with Gasteiger partial charge in [-0.15, -0.1) is 11.8 Å². The van der Waals surface area contributed by atoms with E-state index in [1.165, 1.54) is 19.3 Å². The van der Waals surface area contributed by atoms with Crippen molar-refractivity contribution < 1.29 is 14.3 Å². The summed E-state index contributed by atoms with van der Waals surface area (Å²) in [6.07, 6.45) is 5.73. The molecule has 6 heteroatoms. The van der Waals surface area contributed by atoms with Gasteiger partial charge in [-0.25, -0.2) is 9.59 Å². The molecule has 0 aromatic heterocycles. The van der Waals surface area contributed by atoms with Crippen molar-refractivity contribution in [3.8, 4) is 0 Å². The van der Waals surface area contributed by atoms with E-state index in [0.29, 0.717) is 11.7 Å². The molecule has 0 radical (unpaired) electrons. The number of benzene rings is 1. The lowest BCUT2D eigenvalue weighted by Gasteiger charge is -2.35. The number of para-hydroxylation sites is 1. The van der Waals surface area contributed by atoms with Crippen molar-refractivity contribution in [1.82, 2.24) is 4.90 Å². The van der Waals surface area contributed by atoms with Crippen LogP contribution in [0.4, 0.5) is 10.5 Å². The normalized spacial score (nSPS) is 23.1. The Morgan fingerprint density at radius 3 is 2.39 bits per heavy atom. The highest BCUT2D eigenvalue weighted by molar-refractivity contribution is 8.00. The third-order valence-corrected chi connectivity index (χ3v) is 7.12. The highest BCUT2D eigenvalue weighted by atomic mass is 32.2. The zero-order valence-electron chi connectivity index (χ0n) is 17.4. The van der Waals surface area contributed by atoms with Gasteiger partial charge in [0.05, 0.1) is 11.5 Å². The summed E-state index contributed by atoms with van der Waals surface area (Å²) in [4.78, 5) is 27.9. The van der Waals surface area contributed by atoms with Gasteiger partial charge in [-0.05, 0) is 57.6 Å². The van der Waals surface area contributed by atoms with Gasteiger partial charge in [-0.3, -0.25) is 4.90 Å². The second-order valence-corrected chi connectivity index (χ2v) is 9.38. The number of nitrogens with zero attached hydrogens (tertiary/aromatic N) is 1. The van der Waals surface area contributed by atoms with E-state index in [1.54, 1.807) is 16.7 Å². The second-order valence-electron chi connectivity index (χ2n) is 8.23. The third-order valence-electron chi connectivity index (χ3n) is 5.66. The average molecular weight is 405 g/mol. The Kier molecular flexibility index (Phi) is 6.91. The lowest BCUT2D eigenvalue weighted by Crippen LogP contribution is -2.50. The highest BCUT2D eigenvalue weighted by Crippen LogP contribution is 2.41. The molecule has 2 aliphatic rings. The number of carbonyl (C=O) groups is 2. The first-order valence-electron chi connectivity index (χ1n) is 10.4. The number of rotatable bonds is 4. The van der Waals surface area contributed by atoms with Crippen molar-refractivity contribution in [1.29, 1.82) is 0 Å². The molecule has 3 rings (SSSR count). The Morgan fingerprint density at radius 2 is 1.79 bits per heavy atom. The van der Waals surface area contributed by atoms with E-state index >= 15 is 0 Å². The summed E-state index contributed by atoms with van der Waals surface area (Å²) in [6.45, 7) is 7.67. The van der Waals surface area contributed by atoms with Gasteiger partial charge in [0, 0.05) is 11.4 Å². The van der Waals surface area contributed by atoms with Crippen LogP contribution in [0.2, 0.25) is 0 Å². The van der Waals surface area contributed by atoms with Gasteiger partial charge in [0.25, 0.3) is 0 Å². The van der Waals surface area contributed by atoms with Gasteiger partial charge in [0.1, 0.15) is 6.04 Å². The monoisotopic (exact) mass is 404 g/mol. The van der Waals surface area contributed by atoms with Crippen LogP contribution in [0.5, 0.6) is 0 Å². The first kappa shape index (κ1) is 21.0. The zero-order chi connectivity index (χ0) is 20.3. The number of hydrogen-bond acceptors (Lipinski definition) is 4. The summed E-state index contributed by atoms with van der Waals surface area (Å²) in [5.41, 5.74) is 2.88. The minimum Gasteiger partial charge on any atom is -0.461 e. The molecule has 2 atom stereocenters. The van der Waals surface area contributed by atoms with Crippen molar-refractivity contribution in [2.45, 2.75) is 77.3 Å². The number of nitrogens with one attached hydrogen (secondary N) is 1. The van der Waals surface area contributed by atoms with E-state index in [9.17, 15) is 9.59 Å². The Balaban J connectivity index is 1.84. The molecule has 2 fully saturated rings. The van der Waals surface area contributed by atoms with E-state index in [4.69, 9.17) is 4.74 Å². The number of thioether (sulfide) groups is 1.